The molecule has 1 unspecified atom stereocenters. The van der Waals surface area contributed by atoms with Gasteiger partial charge in [0.2, 0.25) is 5.76 Å². The third-order valence-electron chi connectivity index (χ3n) is 6.87. The largest absolute Gasteiger partial charge is 0.493 e. The standard InChI is InChI=1S/C31H30ClNO5/c1-4-5-6-7-15-37-25-14-12-20(17-26(25)36-3)28-27-29(34)23-16-19(2)11-13-24(23)38-30(27)31(35)33(28)22-10-8-9-21(32)18-22/h8-14,16-18,28H,4-7,15H2,1-3H3. The second kappa shape index (κ2) is 10.9. The number of unbranched alkanes of at least 4 members (excludes halogenated alkanes) is 3. The van der Waals surface area contributed by atoms with E-state index in [1.54, 1.807) is 48.4 Å². The lowest BCUT2D eigenvalue weighted by Gasteiger charge is -2.26. The SMILES string of the molecule is CCCCCCOc1ccc(C2c3c(oc4ccc(C)cc4c3=O)C(=O)N2c2cccc(Cl)c2)cc1OC. The molecule has 1 amide bonds. The van der Waals surface area contributed by atoms with E-state index in [0.717, 1.165) is 24.8 Å². The number of halogens is 1. The van der Waals surface area contributed by atoms with Crippen molar-refractivity contribution >= 4 is 34.2 Å². The van der Waals surface area contributed by atoms with Crippen molar-refractivity contribution in [2.75, 3.05) is 18.6 Å². The first kappa shape index (κ1) is 25.9. The third kappa shape index (κ3) is 4.76. The highest BCUT2D eigenvalue weighted by molar-refractivity contribution is 6.31. The normalized spacial score (nSPS) is 14.7. The van der Waals surface area contributed by atoms with Crippen LogP contribution in [-0.4, -0.2) is 19.6 Å². The van der Waals surface area contributed by atoms with Gasteiger partial charge in [0.25, 0.3) is 5.91 Å². The molecular formula is C31H30ClNO5. The van der Waals surface area contributed by atoms with Gasteiger partial charge < -0.3 is 13.9 Å². The molecule has 6 nitrogen and oxygen atoms in total. The number of amides is 1. The van der Waals surface area contributed by atoms with Crippen LogP contribution in [0.1, 0.15) is 65.9 Å². The van der Waals surface area contributed by atoms with Crippen LogP contribution in [-0.2, 0) is 0 Å². The van der Waals surface area contributed by atoms with E-state index in [2.05, 4.69) is 6.92 Å². The summed E-state index contributed by atoms with van der Waals surface area (Å²) in [5, 5.41) is 0.919. The molecule has 7 heteroatoms. The Balaban J connectivity index is 1.63. The van der Waals surface area contributed by atoms with E-state index in [1.807, 2.05) is 31.2 Å². The molecule has 0 fully saturated rings. The summed E-state index contributed by atoms with van der Waals surface area (Å²) in [6.07, 6.45) is 4.39. The molecule has 1 aromatic heterocycles. The summed E-state index contributed by atoms with van der Waals surface area (Å²) in [5.41, 5.74) is 2.63. The van der Waals surface area contributed by atoms with Gasteiger partial charge in [-0.25, -0.2) is 0 Å². The molecule has 0 radical (unpaired) electrons. The Labute approximate surface area is 226 Å². The predicted molar refractivity (Wildman–Crippen MR) is 150 cm³/mol. The molecule has 38 heavy (non-hydrogen) atoms. The van der Waals surface area contributed by atoms with Crippen molar-refractivity contribution in [1.82, 2.24) is 0 Å². The van der Waals surface area contributed by atoms with Gasteiger partial charge in [-0.1, -0.05) is 61.5 Å². The summed E-state index contributed by atoms with van der Waals surface area (Å²) in [7, 11) is 1.58. The van der Waals surface area contributed by atoms with Gasteiger partial charge in [0.15, 0.2) is 16.9 Å². The van der Waals surface area contributed by atoms with Gasteiger partial charge in [0, 0.05) is 10.7 Å². The van der Waals surface area contributed by atoms with E-state index in [-0.39, 0.29) is 11.2 Å². The third-order valence-corrected chi connectivity index (χ3v) is 7.11. The minimum Gasteiger partial charge on any atom is -0.493 e. The monoisotopic (exact) mass is 531 g/mol. The number of anilines is 1. The molecule has 0 spiro atoms. The van der Waals surface area contributed by atoms with Crippen molar-refractivity contribution in [3.63, 3.8) is 0 Å². The average molecular weight is 532 g/mol. The van der Waals surface area contributed by atoms with E-state index < -0.39 is 11.9 Å². The molecule has 0 bridgehead atoms. The number of hydrogen-bond acceptors (Lipinski definition) is 5. The van der Waals surface area contributed by atoms with E-state index in [4.69, 9.17) is 25.5 Å². The molecule has 0 saturated heterocycles. The fourth-order valence-electron chi connectivity index (χ4n) is 4.98. The van der Waals surface area contributed by atoms with Gasteiger partial charge in [-0.3, -0.25) is 14.5 Å². The van der Waals surface area contributed by atoms with Crippen LogP contribution in [0.3, 0.4) is 0 Å². The zero-order chi connectivity index (χ0) is 26.8. The van der Waals surface area contributed by atoms with Crippen LogP contribution in [0.25, 0.3) is 11.0 Å². The number of carbonyl (C=O) groups is 1. The van der Waals surface area contributed by atoms with Crippen molar-refractivity contribution < 1.29 is 18.7 Å². The first-order chi connectivity index (χ1) is 18.4. The number of aryl methyl sites for hydroxylation is 1. The van der Waals surface area contributed by atoms with E-state index in [0.29, 0.717) is 50.9 Å². The molecule has 3 aromatic carbocycles. The minimum absolute atomic E-state index is 0.0338. The summed E-state index contributed by atoms with van der Waals surface area (Å²) in [6.45, 7) is 4.68. The summed E-state index contributed by atoms with van der Waals surface area (Å²) in [5.74, 6) is 0.785. The minimum atomic E-state index is -0.732. The van der Waals surface area contributed by atoms with Crippen molar-refractivity contribution in [1.29, 1.82) is 0 Å². The van der Waals surface area contributed by atoms with E-state index >= 15 is 0 Å². The number of fused-ring (bicyclic) bond motifs is 2. The van der Waals surface area contributed by atoms with Crippen molar-refractivity contribution in [3.8, 4) is 11.5 Å². The van der Waals surface area contributed by atoms with E-state index in [9.17, 15) is 9.59 Å². The van der Waals surface area contributed by atoms with Crippen molar-refractivity contribution in [3.05, 3.63) is 98.4 Å². The van der Waals surface area contributed by atoms with Crippen molar-refractivity contribution in [2.45, 2.75) is 45.6 Å². The number of benzene rings is 3. The Bertz CT molecular complexity index is 1560. The van der Waals surface area contributed by atoms with Gasteiger partial charge in [-0.15, -0.1) is 0 Å². The molecular weight excluding hydrogens is 502 g/mol. The predicted octanol–water partition coefficient (Wildman–Crippen LogP) is 7.47. The highest BCUT2D eigenvalue weighted by Crippen LogP contribution is 2.43. The summed E-state index contributed by atoms with van der Waals surface area (Å²) >= 11 is 6.30. The van der Waals surface area contributed by atoms with Crippen LogP contribution >= 0.6 is 11.6 Å². The summed E-state index contributed by atoms with van der Waals surface area (Å²) in [6, 6.07) is 17.2. The van der Waals surface area contributed by atoms with Crippen LogP contribution in [0.5, 0.6) is 11.5 Å². The zero-order valence-corrected chi connectivity index (χ0v) is 22.5. The van der Waals surface area contributed by atoms with Crippen molar-refractivity contribution in [2.24, 2.45) is 0 Å². The lowest BCUT2D eigenvalue weighted by molar-refractivity contribution is 0.0971. The highest BCUT2D eigenvalue weighted by atomic mass is 35.5. The van der Waals surface area contributed by atoms with Crippen LogP contribution in [0.15, 0.2) is 69.9 Å². The molecule has 196 valence electrons. The molecule has 0 saturated carbocycles. The maximum Gasteiger partial charge on any atom is 0.295 e. The molecule has 1 aliphatic heterocycles. The second-order valence-corrected chi connectivity index (χ2v) is 9.99. The summed E-state index contributed by atoms with van der Waals surface area (Å²) in [4.78, 5) is 29.2. The molecule has 5 rings (SSSR count). The lowest BCUT2D eigenvalue weighted by Crippen LogP contribution is -2.29. The quantitative estimate of drug-likeness (QED) is 0.209. The Morgan fingerprint density at radius 1 is 0.974 bits per heavy atom. The molecule has 0 N–H and O–H groups in total. The van der Waals surface area contributed by atoms with Gasteiger partial charge in [0.1, 0.15) is 5.58 Å². The smallest absolute Gasteiger partial charge is 0.295 e. The first-order valence-corrected chi connectivity index (χ1v) is 13.3. The number of carbonyl (C=O) groups excluding carboxylic acids is 1. The van der Waals surface area contributed by atoms with Gasteiger partial charge in [0.05, 0.1) is 30.7 Å². The number of methoxy groups -OCH3 is 1. The maximum atomic E-state index is 13.9. The molecule has 1 aliphatic rings. The fraction of sp³-hybridized carbons (Fsp3) is 0.290. The van der Waals surface area contributed by atoms with Crippen LogP contribution < -0.4 is 19.8 Å². The summed E-state index contributed by atoms with van der Waals surface area (Å²) < 4.78 is 17.7. The van der Waals surface area contributed by atoms with Crippen LogP contribution in [0.4, 0.5) is 5.69 Å². The molecule has 4 aromatic rings. The number of rotatable bonds is 9. The number of hydrogen-bond donors (Lipinski definition) is 0. The Kier molecular flexibility index (Phi) is 7.43. The fourth-order valence-corrected chi connectivity index (χ4v) is 5.16. The number of nitrogens with zero attached hydrogens (tertiary/aromatic N) is 1. The number of ether oxygens (including phenoxy) is 2. The van der Waals surface area contributed by atoms with Gasteiger partial charge in [-0.2, -0.15) is 0 Å². The van der Waals surface area contributed by atoms with Crippen LogP contribution in [0.2, 0.25) is 5.02 Å². The first-order valence-electron chi connectivity index (χ1n) is 12.9. The maximum absolute atomic E-state index is 13.9. The molecule has 0 aliphatic carbocycles. The Morgan fingerprint density at radius 2 is 1.82 bits per heavy atom. The topological polar surface area (TPSA) is 69.0 Å². The second-order valence-electron chi connectivity index (χ2n) is 9.55. The average Bonchev–Trinajstić information content (AvgIpc) is 3.21. The molecule has 1 atom stereocenters. The zero-order valence-electron chi connectivity index (χ0n) is 21.8. The van der Waals surface area contributed by atoms with Crippen LogP contribution in [0, 0.1) is 6.92 Å². The molecule has 2 heterocycles. The Hall–Kier alpha value is -3.77. The van der Waals surface area contributed by atoms with E-state index in [1.165, 1.54) is 6.42 Å². The van der Waals surface area contributed by atoms with Gasteiger partial charge >= 0.3 is 0 Å². The Morgan fingerprint density at radius 3 is 2.58 bits per heavy atom. The van der Waals surface area contributed by atoms with Gasteiger partial charge in [-0.05, 0) is 61.4 Å². The lowest BCUT2D eigenvalue weighted by atomic mass is 9.97. The highest BCUT2D eigenvalue weighted by Gasteiger charge is 2.44.